The summed E-state index contributed by atoms with van der Waals surface area (Å²) in [7, 11) is 1.59. The second-order valence-corrected chi connectivity index (χ2v) is 10.8. The molecule has 0 fully saturated rings. The number of hydrogen-bond donors (Lipinski definition) is 1. The summed E-state index contributed by atoms with van der Waals surface area (Å²) in [4.78, 5) is 15.4. The number of carbonyl (C=O) groups is 1. The van der Waals surface area contributed by atoms with Crippen LogP contribution < -0.4 is 10.5 Å². The highest BCUT2D eigenvalue weighted by molar-refractivity contribution is 6.37. The molecule has 2 N–H and O–H groups in total. The Morgan fingerprint density at radius 3 is 2.54 bits per heavy atom. The molecule has 1 aliphatic carbocycles. The van der Waals surface area contributed by atoms with Crippen molar-refractivity contribution < 1.29 is 18.7 Å². The third-order valence-corrected chi connectivity index (χ3v) is 7.19. The molecule has 0 spiro atoms. The first kappa shape index (κ1) is 27.0. The fourth-order valence-corrected chi connectivity index (χ4v) is 5.63. The first-order valence-electron chi connectivity index (χ1n) is 11.8. The summed E-state index contributed by atoms with van der Waals surface area (Å²) in [5.74, 6) is -0.613. The highest BCUT2D eigenvalue weighted by Crippen LogP contribution is 2.50. The Morgan fingerprint density at radius 2 is 1.92 bits per heavy atom. The third kappa shape index (κ3) is 5.47. The van der Waals surface area contributed by atoms with Gasteiger partial charge in [-0.3, -0.25) is 4.79 Å². The Hall–Kier alpha value is -3.05. The lowest BCUT2D eigenvalue weighted by molar-refractivity contribution is -0.118. The summed E-state index contributed by atoms with van der Waals surface area (Å²) < 4.78 is 24.6. The van der Waals surface area contributed by atoms with Crippen LogP contribution in [-0.4, -0.2) is 30.9 Å². The van der Waals surface area contributed by atoms with E-state index < -0.39 is 5.92 Å². The van der Waals surface area contributed by atoms with Gasteiger partial charge >= 0.3 is 0 Å². The highest BCUT2D eigenvalue weighted by atomic mass is 35.5. The van der Waals surface area contributed by atoms with Crippen LogP contribution in [0.5, 0.6) is 5.75 Å². The van der Waals surface area contributed by atoms with Crippen LogP contribution in [0, 0.1) is 22.6 Å². The standard InChI is InChI=1S/C28H28Cl2FN3O3/c1-28(2)12-22-25(23(35)13-28)24(19(14-32)27(33)34(22)7-8-36-3)17-10-20(29)26(21(30)11-17)37-15-16-5-4-6-18(31)9-16/h4-6,9-11,24H,7-8,12-13,15,33H2,1-3H3/t24-/m0/s1. The van der Waals surface area contributed by atoms with E-state index in [2.05, 4.69) is 6.07 Å². The van der Waals surface area contributed by atoms with Crippen LogP contribution in [0.25, 0.3) is 0 Å². The second kappa shape index (κ2) is 10.7. The van der Waals surface area contributed by atoms with Gasteiger partial charge in [-0.1, -0.05) is 49.2 Å². The number of ketones is 1. The molecule has 0 unspecified atom stereocenters. The van der Waals surface area contributed by atoms with Crippen molar-refractivity contribution in [3.05, 3.63) is 86.1 Å². The molecule has 2 aliphatic rings. The maximum atomic E-state index is 13.5. The molecule has 0 saturated carbocycles. The predicted octanol–water partition coefficient (Wildman–Crippen LogP) is 6.09. The molecule has 9 heteroatoms. The summed E-state index contributed by atoms with van der Waals surface area (Å²) in [6.45, 7) is 4.93. The van der Waals surface area contributed by atoms with Crippen LogP contribution in [0.4, 0.5) is 4.39 Å². The van der Waals surface area contributed by atoms with Gasteiger partial charge in [-0.2, -0.15) is 5.26 Å². The minimum atomic E-state index is -0.713. The summed E-state index contributed by atoms with van der Waals surface area (Å²) in [6.07, 6.45) is 0.958. The van der Waals surface area contributed by atoms with Gasteiger partial charge in [-0.25, -0.2) is 4.39 Å². The summed E-state index contributed by atoms with van der Waals surface area (Å²) in [5.41, 5.74) is 9.03. The summed E-state index contributed by atoms with van der Waals surface area (Å²) in [6, 6.07) is 11.5. The monoisotopic (exact) mass is 543 g/mol. The molecule has 6 nitrogen and oxygen atoms in total. The quantitative estimate of drug-likeness (QED) is 0.454. The van der Waals surface area contributed by atoms with E-state index in [-0.39, 0.29) is 50.8 Å². The number of hydrogen-bond acceptors (Lipinski definition) is 6. The van der Waals surface area contributed by atoms with E-state index in [0.717, 1.165) is 5.70 Å². The van der Waals surface area contributed by atoms with Crippen LogP contribution in [0.1, 0.15) is 43.7 Å². The lowest BCUT2D eigenvalue weighted by Gasteiger charge is -2.43. The second-order valence-electron chi connectivity index (χ2n) is 10.0. The maximum absolute atomic E-state index is 13.5. The van der Waals surface area contributed by atoms with Crippen molar-refractivity contribution in [3.63, 3.8) is 0 Å². The van der Waals surface area contributed by atoms with E-state index in [1.165, 1.54) is 12.1 Å². The molecule has 2 aromatic rings. The van der Waals surface area contributed by atoms with Gasteiger partial charge < -0.3 is 20.1 Å². The van der Waals surface area contributed by atoms with Crippen molar-refractivity contribution in [2.75, 3.05) is 20.3 Å². The van der Waals surface area contributed by atoms with Gasteiger partial charge in [0.05, 0.1) is 34.2 Å². The molecule has 0 aromatic heterocycles. The van der Waals surface area contributed by atoms with Gasteiger partial charge in [-0.05, 0) is 47.2 Å². The lowest BCUT2D eigenvalue weighted by Crippen LogP contribution is -2.43. The number of carbonyl (C=O) groups excluding carboxylic acids is 1. The third-order valence-electron chi connectivity index (χ3n) is 6.63. The first-order valence-corrected chi connectivity index (χ1v) is 12.6. The van der Waals surface area contributed by atoms with Gasteiger partial charge in [0, 0.05) is 31.3 Å². The molecule has 1 atom stereocenters. The SMILES string of the molecule is COCCN1C(N)=C(C#N)[C@H](c2cc(Cl)c(OCc3cccc(F)c3)c(Cl)c2)C2=C1CC(C)(C)CC2=O. The van der Waals surface area contributed by atoms with E-state index in [0.29, 0.717) is 42.7 Å². The summed E-state index contributed by atoms with van der Waals surface area (Å²) >= 11 is 13.2. The number of nitrogens with zero attached hydrogens (tertiary/aromatic N) is 2. The van der Waals surface area contributed by atoms with Crippen molar-refractivity contribution >= 4 is 29.0 Å². The van der Waals surface area contributed by atoms with Gasteiger partial charge in [-0.15, -0.1) is 0 Å². The van der Waals surface area contributed by atoms with Gasteiger partial charge in [0.15, 0.2) is 11.5 Å². The normalized spacial score (nSPS) is 19.1. The van der Waals surface area contributed by atoms with E-state index in [1.54, 1.807) is 31.4 Å². The van der Waals surface area contributed by atoms with Crippen LogP contribution >= 0.6 is 23.2 Å². The highest BCUT2D eigenvalue weighted by Gasteiger charge is 2.44. The maximum Gasteiger partial charge on any atom is 0.162 e. The minimum absolute atomic E-state index is 0.0439. The summed E-state index contributed by atoms with van der Waals surface area (Å²) in [5, 5.41) is 10.6. The largest absolute Gasteiger partial charge is 0.486 e. The van der Waals surface area contributed by atoms with Crippen molar-refractivity contribution in [2.45, 2.75) is 39.2 Å². The predicted molar refractivity (Wildman–Crippen MR) is 140 cm³/mol. The number of benzene rings is 2. The number of halogens is 3. The van der Waals surface area contributed by atoms with Crippen molar-refractivity contribution in [3.8, 4) is 11.8 Å². The van der Waals surface area contributed by atoms with E-state index in [9.17, 15) is 14.4 Å². The molecule has 37 heavy (non-hydrogen) atoms. The van der Waals surface area contributed by atoms with E-state index in [1.807, 2.05) is 18.7 Å². The van der Waals surface area contributed by atoms with Gasteiger partial charge in [0.1, 0.15) is 18.2 Å². The Bertz CT molecular complexity index is 1320. The molecule has 2 aromatic carbocycles. The Labute approximate surface area is 226 Å². The smallest absolute Gasteiger partial charge is 0.162 e. The number of nitrogens with two attached hydrogens (primary N) is 1. The molecule has 0 radical (unpaired) electrons. The van der Waals surface area contributed by atoms with Crippen LogP contribution in [-0.2, 0) is 16.1 Å². The Kier molecular flexibility index (Phi) is 7.84. The molecule has 1 aliphatic heterocycles. The number of allylic oxidation sites excluding steroid dienone is 3. The van der Waals surface area contributed by atoms with Crippen LogP contribution in [0.3, 0.4) is 0 Å². The number of ether oxygens (including phenoxy) is 2. The Morgan fingerprint density at radius 1 is 1.22 bits per heavy atom. The topological polar surface area (TPSA) is 88.6 Å². The zero-order valence-corrected chi connectivity index (χ0v) is 22.4. The molecule has 4 rings (SSSR count). The zero-order chi connectivity index (χ0) is 26.9. The van der Waals surface area contributed by atoms with Crippen molar-refractivity contribution in [1.29, 1.82) is 5.26 Å². The van der Waals surface area contributed by atoms with Crippen LogP contribution in [0.15, 0.2) is 59.1 Å². The average Bonchev–Trinajstić information content (AvgIpc) is 2.81. The average molecular weight is 544 g/mol. The fourth-order valence-electron chi connectivity index (χ4n) is 5.01. The van der Waals surface area contributed by atoms with Gasteiger partial charge in [0.25, 0.3) is 0 Å². The van der Waals surface area contributed by atoms with E-state index in [4.69, 9.17) is 38.4 Å². The number of Topliss-reactive ketones (excluding diaryl/α,β-unsaturated/α-hetero) is 1. The van der Waals surface area contributed by atoms with Crippen molar-refractivity contribution in [2.24, 2.45) is 11.1 Å². The number of rotatable bonds is 7. The molecule has 0 saturated heterocycles. The zero-order valence-electron chi connectivity index (χ0n) is 20.9. The number of nitriles is 1. The molecule has 1 heterocycles. The molecule has 194 valence electrons. The first-order chi connectivity index (χ1) is 17.6. The van der Waals surface area contributed by atoms with Crippen LogP contribution in [0.2, 0.25) is 10.0 Å². The number of methoxy groups -OCH3 is 1. The van der Waals surface area contributed by atoms with E-state index >= 15 is 0 Å². The molecular formula is C28H28Cl2FN3O3. The Balaban J connectivity index is 1.77. The fraction of sp³-hybridized carbons (Fsp3) is 0.357. The molecule has 0 bridgehead atoms. The lowest BCUT2D eigenvalue weighted by atomic mass is 9.68. The molecular weight excluding hydrogens is 516 g/mol. The molecule has 0 amide bonds. The van der Waals surface area contributed by atoms with Crippen molar-refractivity contribution in [1.82, 2.24) is 4.90 Å². The minimum Gasteiger partial charge on any atom is -0.486 e. The van der Waals surface area contributed by atoms with Gasteiger partial charge in [0.2, 0.25) is 0 Å².